The second-order valence-electron chi connectivity index (χ2n) is 2.74. The molecule has 1 rings (SSSR count). The van der Waals surface area contributed by atoms with E-state index in [4.69, 9.17) is 10.5 Å². The minimum Gasteiger partial charge on any atom is -0.207 e. The summed E-state index contributed by atoms with van der Waals surface area (Å²) in [6.45, 7) is 1.60. The number of rotatable bonds is 1. The highest BCUT2D eigenvalue weighted by atomic mass is 19.1. The maximum absolute atomic E-state index is 13.0. The van der Waals surface area contributed by atoms with Crippen LogP contribution in [-0.2, 0) is 0 Å². The Morgan fingerprint density at radius 1 is 1.36 bits per heavy atom. The van der Waals surface area contributed by atoms with Gasteiger partial charge in [0, 0.05) is 0 Å². The fourth-order valence-electron chi connectivity index (χ4n) is 1.03. The molecule has 0 aliphatic carbocycles. The van der Waals surface area contributed by atoms with Crippen LogP contribution in [0.1, 0.15) is 11.1 Å². The van der Waals surface area contributed by atoms with Crippen LogP contribution in [0.5, 0.6) is 0 Å². The van der Waals surface area contributed by atoms with Crippen molar-refractivity contribution >= 4 is 6.08 Å². The molecule has 1 aromatic rings. The van der Waals surface area contributed by atoms with Crippen molar-refractivity contribution in [2.75, 3.05) is 0 Å². The summed E-state index contributed by atoms with van der Waals surface area (Å²) in [5.74, 6) is -0.339. The summed E-state index contributed by atoms with van der Waals surface area (Å²) >= 11 is 0. The highest BCUT2D eigenvalue weighted by molar-refractivity contribution is 5.64. The molecule has 2 nitrogen and oxygen atoms in total. The van der Waals surface area contributed by atoms with Crippen LogP contribution in [-0.4, -0.2) is 0 Å². The molecule has 0 saturated carbocycles. The van der Waals surface area contributed by atoms with E-state index in [1.165, 1.54) is 12.1 Å². The van der Waals surface area contributed by atoms with Crippen LogP contribution in [0.2, 0.25) is 0 Å². The van der Waals surface area contributed by atoms with Crippen LogP contribution in [0.3, 0.4) is 0 Å². The smallest absolute Gasteiger partial charge is 0.130 e. The first-order chi connectivity index (χ1) is 6.69. The van der Waals surface area contributed by atoms with Crippen LogP contribution in [0, 0.1) is 35.4 Å². The Morgan fingerprint density at radius 3 is 2.57 bits per heavy atom. The molecule has 1 aromatic carbocycles. The van der Waals surface area contributed by atoms with Gasteiger partial charge in [-0.3, -0.25) is 0 Å². The number of benzene rings is 1. The molecule has 68 valence electrons. The third-order valence-corrected chi connectivity index (χ3v) is 1.85. The van der Waals surface area contributed by atoms with E-state index < -0.39 is 0 Å². The molecular formula is C11H7FN2. The Hall–Kier alpha value is -2.13. The van der Waals surface area contributed by atoms with E-state index >= 15 is 0 Å². The molecule has 0 radical (unpaired) electrons. The molecule has 0 saturated heterocycles. The van der Waals surface area contributed by atoms with Gasteiger partial charge in [0.1, 0.15) is 23.5 Å². The molecule has 0 aromatic heterocycles. The van der Waals surface area contributed by atoms with Gasteiger partial charge in [0.05, 0.1) is 0 Å². The first-order valence-electron chi connectivity index (χ1n) is 3.96. The molecule has 0 amide bonds. The van der Waals surface area contributed by atoms with Crippen LogP contribution in [0.4, 0.5) is 4.39 Å². The minimum absolute atomic E-state index is 0.0290. The van der Waals surface area contributed by atoms with Gasteiger partial charge < -0.3 is 0 Å². The molecule has 0 aliphatic heterocycles. The van der Waals surface area contributed by atoms with E-state index in [1.54, 1.807) is 31.2 Å². The SMILES string of the molecule is Cc1c(F)cccc1C=C(C#N)C#N. The number of halogens is 1. The highest BCUT2D eigenvalue weighted by Crippen LogP contribution is 2.15. The lowest BCUT2D eigenvalue weighted by Crippen LogP contribution is -1.86. The van der Waals surface area contributed by atoms with Crippen molar-refractivity contribution < 1.29 is 4.39 Å². The normalized spacial score (nSPS) is 8.57. The predicted molar refractivity (Wildman–Crippen MR) is 50.3 cm³/mol. The molecule has 0 atom stereocenters. The maximum atomic E-state index is 13.0. The van der Waals surface area contributed by atoms with Crippen molar-refractivity contribution in [3.63, 3.8) is 0 Å². The highest BCUT2D eigenvalue weighted by Gasteiger charge is 2.01. The summed E-state index contributed by atoms with van der Waals surface area (Å²) < 4.78 is 13.0. The van der Waals surface area contributed by atoms with Crippen molar-refractivity contribution in [3.8, 4) is 12.1 Å². The van der Waals surface area contributed by atoms with Crippen molar-refractivity contribution in [2.45, 2.75) is 6.92 Å². The second kappa shape index (κ2) is 4.20. The summed E-state index contributed by atoms with van der Waals surface area (Å²) in [7, 11) is 0. The summed E-state index contributed by atoms with van der Waals surface area (Å²) in [6, 6.07) is 7.99. The molecule has 0 heterocycles. The number of nitriles is 2. The van der Waals surface area contributed by atoms with E-state index in [2.05, 4.69) is 0 Å². The van der Waals surface area contributed by atoms with Gasteiger partial charge in [0.15, 0.2) is 0 Å². The average Bonchev–Trinajstić information content (AvgIpc) is 2.20. The summed E-state index contributed by atoms with van der Waals surface area (Å²) in [5, 5.41) is 17.0. The van der Waals surface area contributed by atoms with Gasteiger partial charge in [-0.15, -0.1) is 0 Å². The zero-order valence-electron chi connectivity index (χ0n) is 7.58. The number of allylic oxidation sites excluding steroid dienone is 1. The number of hydrogen-bond acceptors (Lipinski definition) is 2. The molecule has 0 spiro atoms. The van der Waals surface area contributed by atoms with Crippen molar-refractivity contribution in [3.05, 3.63) is 40.7 Å². The average molecular weight is 186 g/mol. The van der Waals surface area contributed by atoms with Crippen LogP contribution >= 0.6 is 0 Å². The topological polar surface area (TPSA) is 47.6 Å². The van der Waals surface area contributed by atoms with Crippen LogP contribution in [0.25, 0.3) is 6.08 Å². The van der Waals surface area contributed by atoms with Gasteiger partial charge in [0.2, 0.25) is 0 Å². The van der Waals surface area contributed by atoms with Gasteiger partial charge in [-0.05, 0) is 30.2 Å². The Labute approximate surface area is 81.5 Å². The summed E-state index contributed by atoms with van der Waals surface area (Å²) in [5.41, 5.74) is 0.970. The molecule has 0 bridgehead atoms. The van der Waals surface area contributed by atoms with E-state index in [9.17, 15) is 4.39 Å². The van der Waals surface area contributed by atoms with Crippen molar-refractivity contribution in [1.29, 1.82) is 10.5 Å². The third-order valence-electron chi connectivity index (χ3n) is 1.85. The minimum atomic E-state index is -0.339. The first-order valence-corrected chi connectivity index (χ1v) is 3.96. The monoisotopic (exact) mass is 186 g/mol. The molecule has 3 heteroatoms. The number of hydrogen-bond donors (Lipinski definition) is 0. The van der Waals surface area contributed by atoms with E-state index in [-0.39, 0.29) is 11.4 Å². The van der Waals surface area contributed by atoms with E-state index in [0.29, 0.717) is 11.1 Å². The Kier molecular flexibility index (Phi) is 2.99. The molecule has 0 unspecified atom stereocenters. The maximum Gasteiger partial charge on any atom is 0.130 e. The molecule has 14 heavy (non-hydrogen) atoms. The zero-order valence-corrected chi connectivity index (χ0v) is 7.58. The van der Waals surface area contributed by atoms with Crippen molar-refractivity contribution in [2.24, 2.45) is 0 Å². The quantitative estimate of drug-likeness (QED) is 0.633. The lowest BCUT2D eigenvalue weighted by atomic mass is 10.1. The molecule has 0 N–H and O–H groups in total. The summed E-state index contributed by atoms with van der Waals surface area (Å²) in [4.78, 5) is 0. The Bertz CT molecular complexity index is 445. The summed E-state index contributed by atoms with van der Waals surface area (Å²) in [6.07, 6.45) is 1.37. The van der Waals surface area contributed by atoms with Gasteiger partial charge in [-0.2, -0.15) is 10.5 Å². The third kappa shape index (κ3) is 1.97. The number of nitrogens with zero attached hydrogens (tertiary/aromatic N) is 2. The van der Waals surface area contributed by atoms with Crippen molar-refractivity contribution in [1.82, 2.24) is 0 Å². The second-order valence-corrected chi connectivity index (χ2v) is 2.74. The Balaban J connectivity index is 3.24. The molecule has 0 fully saturated rings. The van der Waals surface area contributed by atoms with E-state index in [1.807, 2.05) is 0 Å². The Morgan fingerprint density at radius 2 is 2.00 bits per heavy atom. The van der Waals surface area contributed by atoms with Crippen LogP contribution in [0.15, 0.2) is 23.8 Å². The van der Waals surface area contributed by atoms with Gasteiger partial charge in [-0.25, -0.2) is 4.39 Å². The predicted octanol–water partition coefficient (Wildman–Crippen LogP) is 2.56. The molecule has 0 aliphatic rings. The van der Waals surface area contributed by atoms with Crippen LogP contribution < -0.4 is 0 Å². The van der Waals surface area contributed by atoms with Gasteiger partial charge >= 0.3 is 0 Å². The fourth-order valence-corrected chi connectivity index (χ4v) is 1.03. The first kappa shape index (κ1) is 9.95. The van der Waals surface area contributed by atoms with E-state index in [0.717, 1.165) is 0 Å². The lowest BCUT2D eigenvalue weighted by molar-refractivity contribution is 0.618. The molecular weight excluding hydrogens is 179 g/mol. The lowest BCUT2D eigenvalue weighted by Gasteiger charge is -2.00. The largest absolute Gasteiger partial charge is 0.207 e. The van der Waals surface area contributed by atoms with Gasteiger partial charge in [0.25, 0.3) is 0 Å². The standard InChI is InChI=1S/C11H7FN2/c1-8-10(3-2-4-11(8)12)5-9(6-13)7-14/h2-5H,1H3. The zero-order chi connectivity index (χ0) is 10.6. The fraction of sp³-hybridized carbons (Fsp3) is 0.0909. The van der Waals surface area contributed by atoms with Gasteiger partial charge in [-0.1, -0.05) is 12.1 Å².